The normalized spacial score (nSPS) is 16.0. The average molecular weight is 1280 g/mol. The van der Waals surface area contributed by atoms with E-state index in [0.29, 0.717) is 32.9 Å². The first-order chi connectivity index (χ1) is 42.9. The molecule has 1 aliphatic rings. The minimum absolute atomic E-state index is 0.0144. The predicted octanol–water partition coefficient (Wildman–Crippen LogP) is -5.22. The molecule has 10 atom stereocenters. The molecule has 0 aliphatic carbocycles. The molecule has 9 amide bonds. The molecule has 0 radical (unpaired) electrons. The van der Waals surface area contributed by atoms with Gasteiger partial charge in [-0.1, -0.05) is 50.2 Å². The summed E-state index contributed by atoms with van der Waals surface area (Å²) in [5.41, 5.74) is 30.3. The fraction of sp³-hybridized carbons (Fsp3) is 0.509. The molecule has 492 valence electrons. The average Bonchev–Trinajstić information content (AvgIpc) is 1.79. The van der Waals surface area contributed by atoms with Crippen LogP contribution in [-0.2, 0) is 60.8 Å². The number of aliphatic imine (C=N–C) groups is 2. The molecule has 2 aromatic carbocycles. The SMILES string of the molecule is CC(C)C[C@H](NC(=O)[C@H](CO)NC(=O)[C@H](Cc1c[nH]c2ccccc12)NC(=O)[C@H](CCCN=C(N)N)NC(=O)[C@@H]1CCCN1C(=O)[C@H](CO)NC(=O)[C@H](CCCN=C(N)N)NC(=O)[C@@H](N)CS)C(=O)N[C@@H](Cc1c[nH]c2ccccc12)C(=O)N[C@@H](CO)C(=O)O. The predicted molar refractivity (Wildman–Crippen MR) is 334 cm³/mol. The molecule has 32 nitrogen and oxygen atoms in total. The number of guanidine groups is 2. The number of fused-ring (bicyclic) bond motifs is 2. The third kappa shape index (κ3) is 21.1. The number of para-hydroxylation sites is 2. The van der Waals surface area contributed by atoms with Crippen molar-refractivity contribution >= 4 is 105 Å². The van der Waals surface area contributed by atoms with Crippen molar-refractivity contribution < 1.29 is 68.4 Å². The van der Waals surface area contributed by atoms with Gasteiger partial charge in [0.25, 0.3) is 0 Å². The quantitative estimate of drug-likeness (QED) is 0.00876. The van der Waals surface area contributed by atoms with Crippen LogP contribution in [0.2, 0.25) is 0 Å². The van der Waals surface area contributed by atoms with Gasteiger partial charge in [0.2, 0.25) is 53.2 Å². The summed E-state index contributed by atoms with van der Waals surface area (Å²) >= 11 is 4.04. The fourth-order valence-electron chi connectivity index (χ4n) is 10.0. The Morgan fingerprint density at radius 1 is 0.578 bits per heavy atom. The molecule has 24 N–H and O–H groups in total. The van der Waals surface area contributed by atoms with E-state index in [1.165, 1.54) is 0 Å². The number of hydrogen-bond donors (Lipinski definition) is 20. The molecule has 33 heteroatoms. The first kappa shape index (κ1) is 71.7. The van der Waals surface area contributed by atoms with E-state index in [0.717, 1.165) is 4.90 Å². The highest BCUT2D eigenvalue weighted by Crippen LogP contribution is 2.23. The number of carbonyl (C=O) groups is 10. The number of benzene rings is 2. The maximum Gasteiger partial charge on any atom is 0.328 e. The van der Waals surface area contributed by atoms with Crippen LogP contribution in [0.4, 0.5) is 0 Å². The Morgan fingerprint density at radius 2 is 0.989 bits per heavy atom. The van der Waals surface area contributed by atoms with Crippen molar-refractivity contribution in [2.45, 2.75) is 132 Å². The van der Waals surface area contributed by atoms with Gasteiger partial charge in [-0.05, 0) is 74.1 Å². The lowest BCUT2D eigenvalue weighted by Crippen LogP contribution is -2.61. The number of rotatable bonds is 36. The van der Waals surface area contributed by atoms with E-state index in [2.05, 4.69) is 75.1 Å². The van der Waals surface area contributed by atoms with Crippen LogP contribution in [0, 0.1) is 5.92 Å². The topological polar surface area (TPSA) is 537 Å². The Hall–Kier alpha value is -9.05. The number of carboxylic acid groups (broad SMARTS) is 1. The minimum atomic E-state index is -1.78. The number of likely N-dealkylation sites (tertiary alicyclic amines) is 1. The number of aliphatic hydroxyl groups excluding tert-OH is 3. The van der Waals surface area contributed by atoms with Crippen LogP contribution in [0.1, 0.15) is 69.9 Å². The summed E-state index contributed by atoms with van der Waals surface area (Å²) in [5, 5.41) is 62.1. The third-order valence-electron chi connectivity index (χ3n) is 14.7. The fourth-order valence-corrected chi connectivity index (χ4v) is 10.2. The molecule has 1 fully saturated rings. The summed E-state index contributed by atoms with van der Waals surface area (Å²) in [7, 11) is 0. The standard InChI is InChI=1S/C57H84N18O14S/c1-29(2)20-39(49(82)71-41(51(84)74-44(27-78)55(88)89)22-31-24-66-36-13-6-4-11-33(31)36)69-52(85)42(25-76)72-50(83)40(21-30-23-65-35-12-5-3-10-32(30)35)70-47(80)38(15-8-18-64-57(61)62)68-53(86)45-16-9-19-75(45)54(87)43(26-77)73-48(81)37(14-7-17-63-56(59)60)67-46(79)34(58)28-90/h3-6,10-13,23-24,29,34,37-45,65-66,76-78,90H,7-9,14-22,25-28,58H2,1-2H3,(H,67,79)(H,68,86)(H,69,85)(H,70,80)(H,71,82)(H,72,83)(H,73,81)(H,74,84)(H,88,89)(H4,59,60,63)(H4,61,62,64)/t34-,37-,38-,39-,40-,41-,42-,43-,44-,45-/m0/s1. The van der Waals surface area contributed by atoms with E-state index in [4.69, 9.17) is 28.7 Å². The highest BCUT2D eigenvalue weighted by molar-refractivity contribution is 7.80. The second-order valence-electron chi connectivity index (χ2n) is 22.0. The van der Waals surface area contributed by atoms with E-state index < -0.39 is 139 Å². The van der Waals surface area contributed by atoms with Gasteiger partial charge in [-0.15, -0.1) is 0 Å². The zero-order valence-corrected chi connectivity index (χ0v) is 50.9. The van der Waals surface area contributed by atoms with E-state index >= 15 is 0 Å². The maximum atomic E-state index is 14.7. The highest BCUT2D eigenvalue weighted by Gasteiger charge is 2.41. The number of carbonyl (C=O) groups excluding carboxylic acids is 9. The Kier molecular flexibility index (Phi) is 28.1. The van der Waals surface area contributed by atoms with Gasteiger partial charge < -0.3 is 106 Å². The smallest absolute Gasteiger partial charge is 0.328 e. The molecule has 0 unspecified atom stereocenters. The van der Waals surface area contributed by atoms with Gasteiger partial charge in [-0.3, -0.25) is 53.1 Å². The number of amides is 9. The number of nitrogens with two attached hydrogens (primary N) is 5. The monoisotopic (exact) mass is 1280 g/mol. The Bertz CT molecular complexity index is 3200. The van der Waals surface area contributed by atoms with Crippen LogP contribution in [-0.4, -0.2) is 212 Å². The van der Waals surface area contributed by atoms with Crippen molar-refractivity contribution in [1.82, 2.24) is 57.4 Å². The van der Waals surface area contributed by atoms with E-state index in [1.54, 1.807) is 74.8 Å². The molecule has 90 heavy (non-hydrogen) atoms. The van der Waals surface area contributed by atoms with Crippen molar-refractivity contribution in [2.24, 2.45) is 44.6 Å². The number of aliphatic hydroxyl groups is 3. The Balaban J connectivity index is 1.38. The van der Waals surface area contributed by atoms with Gasteiger partial charge >= 0.3 is 5.97 Å². The number of nitrogens with one attached hydrogen (secondary N) is 10. The van der Waals surface area contributed by atoms with Crippen molar-refractivity contribution in [3.05, 3.63) is 72.1 Å². The number of H-pyrrole nitrogens is 2. The van der Waals surface area contributed by atoms with E-state index in [9.17, 15) is 68.4 Å². The number of hydrogen-bond acceptors (Lipinski definition) is 17. The van der Waals surface area contributed by atoms with Gasteiger partial charge in [0.05, 0.1) is 25.9 Å². The summed E-state index contributed by atoms with van der Waals surface area (Å²) in [4.78, 5) is 154. The van der Waals surface area contributed by atoms with Crippen LogP contribution in [0.25, 0.3) is 21.8 Å². The number of aromatic nitrogens is 2. The van der Waals surface area contributed by atoms with Crippen LogP contribution < -0.4 is 71.2 Å². The number of thiol groups is 1. The summed E-state index contributed by atoms with van der Waals surface area (Å²) in [6, 6.07) is -0.506. The zero-order chi connectivity index (χ0) is 66.2. The van der Waals surface area contributed by atoms with Crippen LogP contribution in [0.5, 0.6) is 0 Å². The van der Waals surface area contributed by atoms with Crippen molar-refractivity contribution in [2.75, 3.05) is 45.2 Å². The summed E-state index contributed by atoms with van der Waals surface area (Å²) < 4.78 is 0. The van der Waals surface area contributed by atoms with E-state index in [-0.39, 0.29) is 101 Å². The lowest BCUT2D eigenvalue weighted by molar-refractivity contribution is -0.143. The number of aromatic amines is 2. The second-order valence-corrected chi connectivity index (χ2v) is 22.4. The summed E-state index contributed by atoms with van der Waals surface area (Å²) in [6.07, 6.45) is 3.24. The molecular formula is C57H84N18O14S. The maximum absolute atomic E-state index is 14.7. The highest BCUT2D eigenvalue weighted by atomic mass is 32.1. The third-order valence-corrected chi connectivity index (χ3v) is 15.1. The van der Waals surface area contributed by atoms with Gasteiger partial charge in [0.15, 0.2) is 11.9 Å². The van der Waals surface area contributed by atoms with Gasteiger partial charge in [-0.25, -0.2) is 4.79 Å². The van der Waals surface area contributed by atoms with Crippen molar-refractivity contribution in [3.63, 3.8) is 0 Å². The van der Waals surface area contributed by atoms with Crippen LogP contribution in [0.15, 0.2) is 70.9 Å². The minimum Gasteiger partial charge on any atom is -0.480 e. The largest absolute Gasteiger partial charge is 0.480 e. The van der Waals surface area contributed by atoms with Crippen LogP contribution in [0.3, 0.4) is 0 Å². The zero-order valence-electron chi connectivity index (χ0n) is 50.0. The molecule has 0 spiro atoms. The molecule has 0 bridgehead atoms. The van der Waals surface area contributed by atoms with Gasteiger partial charge in [0.1, 0.15) is 54.4 Å². The van der Waals surface area contributed by atoms with Gasteiger partial charge in [-0.2, -0.15) is 12.6 Å². The lowest BCUT2D eigenvalue weighted by atomic mass is 10.00. The molecular weight excluding hydrogens is 1190 g/mol. The molecule has 4 aromatic rings. The molecule has 1 aliphatic heterocycles. The van der Waals surface area contributed by atoms with Gasteiger partial charge in [0, 0.05) is 72.4 Å². The Morgan fingerprint density at radius 3 is 1.46 bits per heavy atom. The Labute approximate surface area is 523 Å². The number of aliphatic carboxylic acids is 1. The second kappa shape index (κ2) is 35.2. The molecule has 5 rings (SSSR count). The summed E-state index contributed by atoms with van der Waals surface area (Å²) in [6.45, 7) is 0.612. The first-order valence-electron chi connectivity index (χ1n) is 29.3. The van der Waals surface area contributed by atoms with Crippen molar-refractivity contribution in [1.29, 1.82) is 0 Å². The van der Waals surface area contributed by atoms with Crippen molar-refractivity contribution in [3.8, 4) is 0 Å². The molecule has 2 aromatic heterocycles. The van der Waals surface area contributed by atoms with Crippen LogP contribution >= 0.6 is 12.6 Å². The molecule has 1 saturated heterocycles. The number of carboxylic acids is 1. The van der Waals surface area contributed by atoms with E-state index in [1.807, 2.05) is 0 Å². The first-order valence-corrected chi connectivity index (χ1v) is 29.9. The summed E-state index contributed by atoms with van der Waals surface area (Å²) in [5.74, 6) is -10.5. The molecule has 0 saturated carbocycles. The lowest BCUT2D eigenvalue weighted by Gasteiger charge is -2.30. The molecule has 3 heterocycles. The number of nitrogens with zero attached hydrogens (tertiary/aromatic N) is 3.